The summed E-state index contributed by atoms with van der Waals surface area (Å²) in [6.07, 6.45) is 8.70. The molecule has 1 fully saturated rings. The summed E-state index contributed by atoms with van der Waals surface area (Å²) in [5.74, 6) is 1.17. The van der Waals surface area contributed by atoms with Gasteiger partial charge in [-0.15, -0.1) is 0 Å². The minimum Gasteiger partial charge on any atom is -0.481 e. The van der Waals surface area contributed by atoms with Crippen LogP contribution >= 0.6 is 11.8 Å². The van der Waals surface area contributed by atoms with E-state index in [1.165, 1.54) is 32.0 Å². The largest absolute Gasteiger partial charge is 0.481 e. The first-order valence-corrected chi connectivity index (χ1v) is 8.25. The lowest BCUT2D eigenvalue weighted by atomic mass is 9.95. The van der Waals surface area contributed by atoms with Gasteiger partial charge >= 0.3 is 0 Å². The quantitative estimate of drug-likeness (QED) is 0.869. The number of aromatic nitrogens is 2. The van der Waals surface area contributed by atoms with E-state index in [0.717, 1.165) is 10.8 Å². The Morgan fingerprint density at radius 2 is 1.75 bits per heavy atom. The van der Waals surface area contributed by atoms with E-state index in [9.17, 15) is 0 Å². The maximum atomic E-state index is 5.29. The smallest absolute Gasteiger partial charge is 0.224 e. The van der Waals surface area contributed by atoms with E-state index in [1.54, 1.807) is 14.2 Å². The summed E-state index contributed by atoms with van der Waals surface area (Å²) >= 11 is 1.99. The third-order valence-corrected chi connectivity index (χ3v) is 4.97. The van der Waals surface area contributed by atoms with Crippen LogP contribution in [-0.4, -0.2) is 41.7 Å². The van der Waals surface area contributed by atoms with E-state index < -0.39 is 0 Å². The molecule has 5 nitrogen and oxygen atoms in total. The van der Waals surface area contributed by atoms with Crippen molar-refractivity contribution in [1.82, 2.24) is 15.3 Å². The average molecular weight is 297 g/mol. The Kier molecular flexibility index (Phi) is 5.91. The van der Waals surface area contributed by atoms with Crippen molar-refractivity contribution in [3.8, 4) is 11.8 Å². The van der Waals surface area contributed by atoms with Gasteiger partial charge in [0.25, 0.3) is 0 Å². The molecule has 1 saturated carbocycles. The lowest BCUT2D eigenvalue weighted by Gasteiger charge is -2.28. The van der Waals surface area contributed by atoms with Crippen molar-refractivity contribution in [2.75, 3.05) is 20.5 Å². The number of hydrogen-bond donors (Lipinski definition) is 1. The van der Waals surface area contributed by atoms with Crippen molar-refractivity contribution in [3.05, 3.63) is 11.9 Å². The molecule has 1 aliphatic carbocycles. The number of rotatable bonds is 6. The second-order valence-corrected chi connectivity index (χ2v) is 6.10. The number of nitrogens with one attached hydrogen (secondary N) is 1. The van der Waals surface area contributed by atoms with Gasteiger partial charge in [0.2, 0.25) is 11.8 Å². The van der Waals surface area contributed by atoms with Gasteiger partial charge in [0.05, 0.1) is 19.8 Å². The highest BCUT2D eigenvalue weighted by atomic mass is 32.2. The van der Waals surface area contributed by atoms with Gasteiger partial charge in [-0.25, -0.2) is 9.97 Å². The first kappa shape index (κ1) is 15.4. The SMILES string of the molecule is COc1ncnc(OC)c1CNC1CCC(SC)CC1. The summed E-state index contributed by atoms with van der Waals surface area (Å²) in [6, 6.07) is 0.563. The maximum Gasteiger partial charge on any atom is 0.224 e. The van der Waals surface area contributed by atoms with Gasteiger partial charge in [0.15, 0.2) is 0 Å². The van der Waals surface area contributed by atoms with Crippen LogP contribution in [0.1, 0.15) is 31.2 Å². The molecule has 1 N–H and O–H groups in total. The molecule has 2 rings (SSSR count). The molecular weight excluding hydrogens is 274 g/mol. The first-order valence-electron chi connectivity index (χ1n) is 6.96. The number of thioether (sulfide) groups is 1. The van der Waals surface area contributed by atoms with Crippen LogP contribution in [0, 0.1) is 0 Å². The van der Waals surface area contributed by atoms with Gasteiger partial charge < -0.3 is 14.8 Å². The van der Waals surface area contributed by atoms with E-state index in [2.05, 4.69) is 21.5 Å². The topological polar surface area (TPSA) is 56.3 Å². The first-order chi connectivity index (χ1) is 9.78. The molecule has 6 heteroatoms. The van der Waals surface area contributed by atoms with Crippen LogP contribution in [0.15, 0.2) is 6.33 Å². The Hall–Kier alpha value is -1.01. The van der Waals surface area contributed by atoms with Crippen molar-refractivity contribution in [1.29, 1.82) is 0 Å². The van der Waals surface area contributed by atoms with Gasteiger partial charge in [0.1, 0.15) is 6.33 Å². The monoisotopic (exact) mass is 297 g/mol. The third kappa shape index (κ3) is 3.76. The summed E-state index contributed by atoms with van der Waals surface area (Å²) in [5, 5.41) is 4.41. The van der Waals surface area contributed by atoms with Crippen LogP contribution in [-0.2, 0) is 6.54 Å². The molecule has 0 radical (unpaired) electrons. The number of methoxy groups -OCH3 is 2. The van der Waals surface area contributed by atoms with Gasteiger partial charge in [-0.3, -0.25) is 0 Å². The lowest BCUT2D eigenvalue weighted by molar-refractivity contribution is 0.344. The fourth-order valence-corrected chi connectivity index (χ4v) is 3.38. The van der Waals surface area contributed by atoms with Crippen molar-refractivity contribution in [2.45, 2.75) is 43.5 Å². The normalized spacial score (nSPS) is 22.6. The molecule has 0 aromatic carbocycles. The summed E-state index contributed by atoms with van der Waals surface area (Å²) in [4.78, 5) is 8.28. The average Bonchev–Trinajstić information content (AvgIpc) is 2.52. The Bertz CT molecular complexity index is 401. The van der Waals surface area contributed by atoms with Crippen molar-refractivity contribution >= 4 is 11.8 Å². The van der Waals surface area contributed by atoms with Gasteiger partial charge in [-0.2, -0.15) is 11.8 Å². The molecule has 112 valence electrons. The standard InChI is InChI=1S/C14H23N3O2S/c1-18-13-12(14(19-2)17-9-16-13)8-15-10-4-6-11(20-3)7-5-10/h9-11,15H,4-8H2,1-3H3. The molecule has 1 aliphatic rings. The van der Waals surface area contributed by atoms with Crippen molar-refractivity contribution in [3.63, 3.8) is 0 Å². The van der Waals surface area contributed by atoms with E-state index >= 15 is 0 Å². The molecule has 0 spiro atoms. The third-order valence-electron chi connectivity index (χ3n) is 3.83. The molecule has 1 heterocycles. The van der Waals surface area contributed by atoms with Crippen molar-refractivity contribution in [2.24, 2.45) is 0 Å². The highest BCUT2D eigenvalue weighted by molar-refractivity contribution is 7.99. The van der Waals surface area contributed by atoms with Crippen LogP contribution in [0.5, 0.6) is 11.8 Å². The number of hydrogen-bond acceptors (Lipinski definition) is 6. The summed E-state index contributed by atoms with van der Waals surface area (Å²) in [5.41, 5.74) is 0.893. The fourth-order valence-electron chi connectivity index (χ4n) is 2.63. The highest BCUT2D eigenvalue weighted by Crippen LogP contribution is 2.28. The number of nitrogens with zero attached hydrogens (tertiary/aromatic N) is 2. The predicted octanol–water partition coefficient (Wildman–Crippen LogP) is 2.26. The second kappa shape index (κ2) is 7.69. The molecular formula is C14H23N3O2S. The Morgan fingerprint density at radius 1 is 1.15 bits per heavy atom. The summed E-state index contributed by atoms with van der Waals surface area (Å²) < 4.78 is 10.6. The molecule has 0 saturated heterocycles. The van der Waals surface area contributed by atoms with Gasteiger partial charge in [-0.1, -0.05) is 0 Å². The maximum absolute atomic E-state index is 5.29. The molecule has 0 unspecified atom stereocenters. The van der Waals surface area contributed by atoms with Gasteiger partial charge in [0, 0.05) is 17.8 Å². The van der Waals surface area contributed by atoms with Crippen LogP contribution in [0.2, 0.25) is 0 Å². The zero-order chi connectivity index (χ0) is 14.4. The fraction of sp³-hybridized carbons (Fsp3) is 0.714. The van der Waals surface area contributed by atoms with Crippen LogP contribution < -0.4 is 14.8 Å². The van der Waals surface area contributed by atoms with Gasteiger partial charge in [-0.05, 0) is 31.9 Å². The Morgan fingerprint density at radius 3 is 2.25 bits per heavy atom. The molecule has 1 aromatic rings. The molecule has 1 aromatic heterocycles. The Labute approximate surface area is 124 Å². The highest BCUT2D eigenvalue weighted by Gasteiger charge is 2.21. The lowest BCUT2D eigenvalue weighted by Crippen LogP contribution is -2.33. The van der Waals surface area contributed by atoms with E-state index in [1.807, 2.05) is 11.8 Å². The zero-order valence-electron chi connectivity index (χ0n) is 12.4. The van der Waals surface area contributed by atoms with Crippen LogP contribution in [0.3, 0.4) is 0 Å². The summed E-state index contributed by atoms with van der Waals surface area (Å²) in [7, 11) is 3.24. The van der Waals surface area contributed by atoms with E-state index in [4.69, 9.17) is 9.47 Å². The second-order valence-electron chi connectivity index (χ2n) is 4.96. The van der Waals surface area contributed by atoms with E-state index in [0.29, 0.717) is 24.3 Å². The predicted molar refractivity (Wildman–Crippen MR) is 81.5 cm³/mol. The molecule has 0 amide bonds. The molecule has 0 atom stereocenters. The van der Waals surface area contributed by atoms with E-state index in [-0.39, 0.29) is 0 Å². The minimum atomic E-state index is 0.563. The van der Waals surface area contributed by atoms with Crippen LogP contribution in [0.4, 0.5) is 0 Å². The molecule has 0 bridgehead atoms. The Balaban J connectivity index is 1.94. The minimum absolute atomic E-state index is 0.563. The molecule has 0 aliphatic heterocycles. The summed E-state index contributed by atoms with van der Waals surface area (Å²) in [6.45, 7) is 0.682. The van der Waals surface area contributed by atoms with Crippen molar-refractivity contribution < 1.29 is 9.47 Å². The molecule has 20 heavy (non-hydrogen) atoms. The van der Waals surface area contributed by atoms with Crippen LogP contribution in [0.25, 0.3) is 0 Å². The zero-order valence-corrected chi connectivity index (χ0v) is 13.2. The number of ether oxygens (including phenoxy) is 2.